The second-order valence-corrected chi connectivity index (χ2v) is 12.8. The molecule has 0 saturated carbocycles. The highest BCUT2D eigenvalue weighted by molar-refractivity contribution is 6.00. The van der Waals surface area contributed by atoms with Crippen LogP contribution in [0.3, 0.4) is 0 Å². The number of anilines is 1. The molecule has 0 saturated heterocycles. The lowest BCUT2D eigenvalue weighted by Gasteiger charge is -2.43. The smallest absolute Gasteiger partial charge is 0.408 e. The lowest BCUT2D eigenvalue weighted by Crippen LogP contribution is -2.58. The number of aryl methyl sites for hydroxylation is 3. The molecule has 0 bridgehead atoms. The zero-order chi connectivity index (χ0) is 31.2. The van der Waals surface area contributed by atoms with Gasteiger partial charge in [0.05, 0.1) is 0 Å². The van der Waals surface area contributed by atoms with Crippen molar-refractivity contribution in [3.05, 3.63) is 101 Å². The summed E-state index contributed by atoms with van der Waals surface area (Å²) in [5.74, 6) is -0.720. The van der Waals surface area contributed by atoms with Crippen LogP contribution in [-0.4, -0.2) is 40.0 Å². The first-order valence-electron chi connectivity index (χ1n) is 14.4. The van der Waals surface area contributed by atoms with Crippen LogP contribution in [0.1, 0.15) is 75.4 Å². The zero-order valence-electron chi connectivity index (χ0n) is 26.4. The van der Waals surface area contributed by atoms with E-state index in [1.165, 1.54) is 0 Å². The van der Waals surface area contributed by atoms with Crippen molar-refractivity contribution >= 4 is 23.6 Å². The van der Waals surface area contributed by atoms with Crippen LogP contribution < -0.4 is 10.6 Å². The Morgan fingerprint density at radius 1 is 0.762 bits per heavy atom. The van der Waals surface area contributed by atoms with E-state index in [2.05, 4.69) is 10.6 Å². The Hall–Kier alpha value is -4.13. The van der Waals surface area contributed by atoms with E-state index in [0.717, 1.165) is 27.9 Å². The number of nitrogens with one attached hydrogen (secondary N) is 2. The quantitative estimate of drug-likeness (QED) is 0.303. The third-order valence-corrected chi connectivity index (χ3v) is 6.95. The van der Waals surface area contributed by atoms with Crippen molar-refractivity contribution in [1.82, 2.24) is 10.2 Å². The van der Waals surface area contributed by atoms with Crippen molar-refractivity contribution in [3.8, 4) is 0 Å². The fourth-order valence-corrected chi connectivity index (χ4v) is 5.01. The molecule has 42 heavy (non-hydrogen) atoms. The number of ether oxygens (including phenoxy) is 1. The van der Waals surface area contributed by atoms with Crippen LogP contribution in [0.25, 0.3) is 0 Å². The second-order valence-electron chi connectivity index (χ2n) is 12.8. The highest BCUT2D eigenvalue weighted by Crippen LogP contribution is 2.34. The fourth-order valence-electron chi connectivity index (χ4n) is 5.01. The van der Waals surface area contributed by atoms with Crippen molar-refractivity contribution in [2.45, 2.75) is 92.0 Å². The Morgan fingerprint density at radius 2 is 1.31 bits per heavy atom. The summed E-state index contributed by atoms with van der Waals surface area (Å²) in [4.78, 5) is 43.6. The van der Waals surface area contributed by atoms with E-state index in [9.17, 15) is 14.4 Å². The van der Waals surface area contributed by atoms with Crippen molar-refractivity contribution < 1.29 is 19.1 Å². The molecular weight excluding hydrogens is 526 g/mol. The third kappa shape index (κ3) is 8.44. The van der Waals surface area contributed by atoms with Gasteiger partial charge in [-0.3, -0.25) is 9.59 Å². The number of nitrogens with zero attached hydrogens (tertiary/aromatic N) is 1. The van der Waals surface area contributed by atoms with E-state index < -0.39 is 29.3 Å². The highest BCUT2D eigenvalue weighted by Gasteiger charge is 2.42. The van der Waals surface area contributed by atoms with E-state index in [1.807, 2.05) is 114 Å². The number of carbonyl (C=O) groups is 3. The van der Waals surface area contributed by atoms with Crippen LogP contribution in [0.5, 0.6) is 0 Å². The summed E-state index contributed by atoms with van der Waals surface area (Å²) in [6.45, 7) is 16.8. The molecule has 3 aromatic rings. The number of hydrogen-bond acceptors (Lipinski definition) is 4. The van der Waals surface area contributed by atoms with Gasteiger partial charge in [0.1, 0.15) is 17.7 Å². The molecule has 0 fully saturated rings. The largest absolute Gasteiger partial charge is 0.444 e. The Morgan fingerprint density at radius 3 is 1.86 bits per heavy atom. The number of para-hydroxylation sites is 1. The molecule has 7 nitrogen and oxygen atoms in total. The average Bonchev–Trinajstić information content (AvgIpc) is 2.88. The molecule has 7 heteroatoms. The third-order valence-electron chi connectivity index (χ3n) is 6.95. The Bertz CT molecular complexity index is 1380. The predicted octanol–water partition coefficient (Wildman–Crippen LogP) is 7.05. The SMILES string of the molecule is Cc1ccccc1C(C(=O)Nc1c(C)cccc1C)N(C(=O)C(Cc1ccccc1)NC(=O)OC(C)(C)C)C(C)(C)C. The first kappa shape index (κ1) is 32.4. The number of carbonyl (C=O) groups excluding carboxylic acids is 3. The van der Waals surface area contributed by atoms with Crippen LogP contribution in [-0.2, 0) is 20.7 Å². The first-order valence-corrected chi connectivity index (χ1v) is 14.4. The number of amides is 3. The van der Waals surface area contributed by atoms with Gasteiger partial charge in [-0.2, -0.15) is 0 Å². The number of rotatable bonds is 8. The van der Waals surface area contributed by atoms with Crippen molar-refractivity contribution in [1.29, 1.82) is 0 Å². The minimum absolute atomic E-state index is 0.227. The van der Waals surface area contributed by atoms with Gasteiger partial charge in [0.15, 0.2) is 0 Å². The van der Waals surface area contributed by atoms with Crippen LogP contribution >= 0.6 is 0 Å². The monoisotopic (exact) mass is 571 g/mol. The normalized spacial score (nSPS) is 13.1. The fraction of sp³-hybridized carbons (Fsp3) is 0.400. The van der Waals surface area contributed by atoms with E-state index in [4.69, 9.17) is 4.74 Å². The molecule has 0 aliphatic heterocycles. The van der Waals surface area contributed by atoms with Crippen molar-refractivity contribution in [2.75, 3.05) is 5.32 Å². The topological polar surface area (TPSA) is 87.7 Å². The number of alkyl carbamates (subject to hydrolysis) is 1. The maximum Gasteiger partial charge on any atom is 0.408 e. The minimum atomic E-state index is -0.985. The highest BCUT2D eigenvalue weighted by atomic mass is 16.6. The summed E-state index contributed by atoms with van der Waals surface area (Å²) in [6.07, 6.45) is -0.470. The van der Waals surface area contributed by atoms with Gasteiger partial charge >= 0.3 is 6.09 Å². The van der Waals surface area contributed by atoms with Gasteiger partial charge in [0, 0.05) is 17.6 Å². The summed E-state index contributed by atoms with van der Waals surface area (Å²) in [5, 5.41) is 5.95. The van der Waals surface area contributed by atoms with Gasteiger partial charge in [-0.05, 0) is 90.1 Å². The van der Waals surface area contributed by atoms with Crippen LogP contribution in [0.2, 0.25) is 0 Å². The van der Waals surface area contributed by atoms with Gasteiger partial charge in [0.2, 0.25) is 5.91 Å². The minimum Gasteiger partial charge on any atom is -0.444 e. The van der Waals surface area contributed by atoms with Gasteiger partial charge < -0.3 is 20.3 Å². The molecule has 224 valence electrons. The maximum atomic E-state index is 14.7. The molecule has 3 aromatic carbocycles. The molecule has 2 N–H and O–H groups in total. The molecule has 0 radical (unpaired) electrons. The van der Waals surface area contributed by atoms with E-state index in [0.29, 0.717) is 5.56 Å². The number of benzene rings is 3. The Balaban J connectivity index is 2.14. The molecule has 2 atom stereocenters. The van der Waals surface area contributed by atoms with Crippen LogP contribution in [0, 0.1) is 20.8 Å². The van der Waals surface area contributed by atoms with Crippen LogP contribution in [0.15, 0.2) is 72.8 Å². The average molecular weight is 572 g/mol. The van der Waals surface area contributed by atoms with E-state index in [1.54, 1.807) is 25.7 Å². The summed E-state index contributed by atoms with van der Waals surface area (Å²) < 4.78 is 5.54. The molecule has 0 aromatic heterocycles. The summed E-state index contributed by atoms with van der Waals surface area (Å²) >= 11 is 0. The standard InChI is InChI=1S/C35H45N3O4/c1-23-16-13-14-21-27(23)30(31(39)37-29-24(2)17-15-18-25(29)3)38(34(4,5)6)32(40)28(22-26-19-11-10-12-20-26)36-33(41)42-35(7,8)9/h10-21,28,30H,22H2,1-9H3,(H,36,41)(H,37,39). The molecular formula is C35H45N3O4. The Kier molecular flexibility index (Phi) is 10.2. The van der Waals surface area contributed by atoms with Crippen molar-refractivity contribution in [2.24, 2.45) is 0 Å². The molecule has 3 rings (SSSR count). The molecule has 0 heterocycles. The van der Waals surface area contributed by atoms with Gasteiger partial charge in [-0.25, -0.2) is 4.79 Å². The lowest BCUT2D eigenvalue weighted by molar-refractivity contribution is -0.146. The second kappa shape index (κ2) is 13.2. The Labute approximate surface area is 250 Å². The molecule has 2 unspecified atom stereocenters. The lowest BCUT2D eigenvalue weighted by atomic mass is 9.92. The molecule has 0 aliphatic carbocycles. The molecule has 0 aliphatic rings. The zero-order valence-corrected chi connectivity index (χ0v) is 26.4. The summed E-state index contributed by atoms with van der Waals surface area (Å²) in [5.41, 5.74) is 3.48. The number of hydrogen-bond donors (Lipinski definition) is 2. The van der Waals surface area contributed by atoms with Gasteiger partial charge in [-0.1, -0.05) is 72.8 Å². The van der Waals surface area contributed by atoms with E-state index in [-0.39, 0.29) is 18.2 Å². The summed E-state index contributed by atoms with van der Waals surface area (Å²) in [6, 6.07) is 20.9. The molecule has 0 spiro atoms. The first-order chi connectivity index (χ1) is 19.6. The van der Waals surface area contributed by atoms with Gasteiger partial charge in [0.25, 0.3) is 5.91 Å². The van der Waals surface area contributed by atoms with Crippen molar-refractivity contribution in [3.63, 3.8) is 0 Å². The predicted molar refractivity (Wildman–Crippen MR) is 168 cm³/mol. The molecule has 3 amide bonds. The van der Waals surface area contributed by atoms with Gasteiger partial charge in [-0.15, -0.1) is 0 Å². The van der Waals surface area contributed by atoms with E-state index >= 15 is 0 Å². The van der Waals surface area contributed by atoms with Crippen LogP contribution in [0.4, 0.5) is 10.5 Å². The maximum absolute atomic E-state index is 14.7. The summed E-state index contributed by atoms with van der Waals surface area (Å²) in [7, 11) is 0.